The maximum absolute atomic E-state index is 11.9. The van der Waals surface area contributed by atoms with E-state index in [4.69, 9.17) is 10.00 Å². The number of ether oxygens (including phenoxy) is 1. The molecule has 0 aliphatic carbocycles. The predicted octanol–water partition coefficient (Wildman–Crippen LogP) is 2.61. The molecule has 0 saturated heterocycles. The van der Waals surface area contributed by atoms with Gasteiger partial charge >= 0.3 is 0 Å². The average molecular weight is 283 g/mol. The summed E-state index contributed by atoms with van der Waals surface area (Å²) in [7, 11) is 1.54. The first-order valence-corrected chi connectivity index (χ1v) is 6.55. The number of nitrogens with zero attached hydrogens (tertiary/aromatic N) is 2. The number of hydrogen-bond donors (Lipinski definition) is 1. The smallest absolute Gasteiger partial charge is 0.251 e. The Bertz CT molecular complexity index is 764. The van der Waals surface area contributed by atoms with Gasteiger partial charge in [0.05, 0.1) is 24.4 Å². The molecule has 0 amide bonds. The Morgan fingerprint density at radius 2 is 2.00 bits per heavy atom. The van der Waals surface area contributed by atoms with Gasteiger partial charge in [0.1, 0.15) is 11.6 Å². The van der Waals surface area contributed by atoms with Crippen LogP contribution in [0.3, 0.4) is 0 Å². The zero-order valence-corrected chi connectivity index (χ0v) is 12.5. The molecular formula is C16H17N3O2. The Kier molecular flexibility index (Phi) is 3.81. The van der Waals surface area contributed by atoms with Crippen molar-refractivity contribution in [1.29, 1.82) is 5.26 Å². The number of methoxy groups -OCH3 is 1. The molecule has 1 aromatic carbocycles. The lowest BCUT2D eigenvalue weighted by Crippen LogP contribution is -2.22. The van der Waals surface area contributed by atoms with Crippen LogP contribution in [0, 0.1) is 11.3 Å². The van der Waals surface area contributed by atoms with Crippen LogP contribution in [0.2, 0.25) is 0 Å². The van der Waals surface area contributed by atoms with Crippen molar-refractivity contribution < 1.29 is 4.74 Å². The zero-order chi connectivity index (χ0) is 15.6. The fraction of sp³-hybridized carbons (Fsp3) is 0.312. The van der Waals surface area contributed by atoms with Crippen molar-refractivity contribution in [3.05, 3.63) is 46.0 Å². The average Bonchev–Trinajstić information content (AvgIpc) is 2.45. The highest BCUT2D eigenvalue weighted by Gasteiger charge is 2.19. The van der Waals surface area contributed by atoms with Crippen LogP contribution < -0.4 is 10.3 Å². The first-order chi connectivity index (χ1) is 9.85. The molecule has 0 bridgehead atoms. The van der Waals surface area contributed by atoms with Crippen LogP contribution in [0.1, 0.15) is 32.2 Å². The van der Waals surface area contributed by atoms with Crippen LogP contribution in [0.5, 0.6) is 5.75 Å². The normalized spacial score (nSPS) is 11.0. The third kappa shape index (κ3) is 3.11. The molecule has 0 spiro atoms. The highest BCUT2D eigenvalue weighted by molar-refractivity contribution is 5.69. The van der Waals surface area contributed by atoms with E-state index in [1.165, 1.54) is 6.07 Å². The first kappa shape index (κ1) is 14.8. The molecule has 21 heavy (non-hydrogen) atoms. The van der Waals surface area contributed by atoms with E-state index < -0.39 is 0 Å². The fourth-order valence-corrected chi connectivity index (χ4v) is 1.93. The first-order valence-electron chi connectivity index (χ1n) is 6.55. The van der Waals surface area contributed by atoms with Crippen molar-refractivity contribution in [2.45, 2.75) is 26.2 Å². The molecule has 1 aromatic heterocycles. The summed E-state index contributed by atoms with van der Waals surface area (Å²) in [6.45, 7) is 5.91. The summed E-state index contributed by atoms with van der Waals surface area (Å²) >= 11 is 0. The van der Waals surface area contributed by atoms with Crippen molar-refractivity contribution >= 4 is 0 Å². The minimum atomic E-state index is -0.282. The number of rotatable bonds is 2. The topological polar surface area (TPSA) is 78.8 Å². The third-order valence-corrected chi connectivity index (χ3v) is 3.06. The summed E-state index contributed by atoms with van der Waals surface area (Å²) in [5, 5.41) is 9.03. The van der Waals surface area contributed by atoms with Gasteiger partial charge in [-0.15, -0.1) is 0 Å². The second-order valence-electron chi connectivity index (χ2n) is 5.76. The standard InChI is InChI=1S/C16H17N3O2/c1-16(2,3)15-18-12(8-14(20)19-15)11-7-10(9-17)5-6-13(11)21-4/h5-8H,1-4H3,(H,18,19,20). The number of nitrogens with one attached hydrogen (secondary N) is 1. The van der Waals surface area contributed by atoms with E-state index in [1.807, 2.05) is 20.8 Å². The predicted molar refractivity (Wildman–Crippen MR) is 80.3 cm³/mol. The van der Waals surface area contributed by atoms with Gasteiger partial charge in [-0.25, -0.2) is 4.98 Å². The van der Waals surface area contributed by atoms with Crippen LogP contribution in [-0.2, 0) is 5.41 Å². The molecule has 0 aliphatic heterocycles. The number of aromatic nitrogens is 2. The van der Waals surface area contributed by atoms with Crippen LogP contribution >= 0.6 is 0 Å². The summed E-state index contributed by atoms with van der Waals surface area (Å²) in [6.07, 6.45) is 0. The molecule has 1 heterocycles. The minimum Gasteiger partial charge on any atom is -0.496 e. The van der Waals surface area contributed by atoms with Crippen molar-refractivity contribution in [3.8, 4) is 23.1 Å². The molecule has 1 N–H and O–H groups in total. The van der Waals surface area contributed by atoms with E-state index in [0.29, 0.717) is 28.4 Å². The van der Waals surface area contributed by atoms with Crippen LogP contribution in [0.4, 0.5) is 0 Å². The maximum atomic E-state index is 11.9. The third-order valence-electron chi connectivity index (χ3n) is 3.06. The second kappa shape index (κ2) is 5.41. The molecular weight excluding hydrogens is 266 g/mol. The highest BCUT2D eigenvalue weighted by Crippen LogP contribution is 2.30. The van der Waals surface area contributed by atoms with Gasteiger partial charge in [-0.2, -0.15) is 5.26 Å². The summed E-state index contributed by atoms with van der Waals surface area (Å²) in [6, 6.07) is 8.53. The van der Waals surface area contributed by atoms with E-state index in [-0.39, 0.29) is 11.0 Å². The van der Waals surface area contributed by atoms with E-state index in [1.54, 1.807) is 25.3 Å². The van der Waals surface area contributed by atoms with Crippen LogP contribution in [-0.4, -0.2) is 17.1 Å². The second-order valence-corrected chi connectivity index (χ2v) is 5.76. The van der Waals surface area contributed by atoms with Crippen LogP contribution in [0.15, 0.2) is 29.1 Å². The molecule has 0 saturated carbocycles. The SMILES string of the molecule is COc1ccc(C#N)cc1-c1cc(=O)[nH]c(C(C)(C)C)n1. The molecule has 0 radical (unpaired) electrons. The van der Waals surface area contributed by atoms with Crippen molar-refractivity contribution in [1.82, 2.24) is 9.97 Å². The quantitative estimate of drug-likeness (QED) is 0.918. The summed E-state index contributed by atoms with van der Waals surface area (Å²) < 4.78 is 5.30. The molecule has 2 aromatic rings. The van der Waals surface area contributed by atoms with Crippen molar-refractivity contribution in [2.75, 3.05) is 7.11 Å². The Morgan fingerprint density at radius 1 is 1.29 bits per heavy atom. The maximum Gasteiger partial charge on any atom is 0.251 e. The Morgan fingerprint density at radius 3 is 2.57 bits per heavy atom. The van der Waals surface area contributed by atoms with Gasteiger partial charge in [0.2, 0.25) is 0 Å². The van der Waals surface area contributed by atoms with Crippen molar-refractivity contribution in [3.63, 3.8) is 0 Å². The van der Waals surface area contributed by atoms with E-state index >= 15 is 0 Å². The number of nitriles is 1. The number of aromatic amines is 1. The number of H-pyrrole nitrogens is 1. The lowest BCUT2D eigenvalue weighted by Gasteiger charge is -2.18. The monoisotopic (exact) mass is 283 g/mol. The molecule has 0 atom stereocenters. The lowest BCUT2D eigenvalue weighted by atomic mass is 9.95. The molecule has 2 rings (SSSR count). The fourth-order valence-electron chi connectivity index (χ4n) is 1.93. The summed E-state index contributed by atoms with van der Waals surface area (Å²) in [5.74, 6) is 1.17. The largest absolute Gasteiger partial charge is 0.496 e. The van der Waals surface area contributed by atoms with Gasteiger partial charge in [0.25, 0.3) is 5.56 Å². The van der Waals surface area contributed by atoms with Gasteiger partial charge in [0, 0.05) is 17.0 Å². The molecule has 5 heteroatoms. The van der Waals surface area contributed by atoms with Gasteiger partial charge < -0.3 is 9.72 Å². The molecule has 0 aliphatic rings. The summed E-state index contributed by atoms with van der Waals surface area (Å²) in [4.78, 5) is 19.1. The Balaban J connectivity index is 2.70. The summed E-state index contributed by atoms with van der Waals surface area (Å²) in [5.41, 5.74) is 1.11. The van der Waals surface area contributed by atoms with Gasteiger partial charge in [0.15, 0.2) is 0 Å². The van der Waals surface area contributed by atoms with Gasteiger partial charge in [-0.1, -0.05) is 20.8 Å². The van der Waals surface area contributed by atoms with Gasteiger partial charge in [-0.05, 0) is 18.2 Å². The van der Waals surface area contributed by atoms with Crippen LogP contribution in [0.25, 0.3) is 11.3 Å². The zero-order valence-electron chi connectivity index (χ0n) is 12.5. The minimum absolute atomic E-state index is 0.227. The molecule has 0 fully saturated rings. The number of benzene rings is 1. The van der Waals surface area contributed by atoms with Gasteiger partial charge in [-0.3, -0.25) is 4.79 Å². The number of hydrogen-bond acceptors (Lipinski definition) is 4. The lowest BCUT2D eigenvalue weighted by molar-refractivity contribution is 0.416. The molecule has 108 valence electrons. The highest BCUT2D eigenvalue weighted by atomic mass is 16.5. The van der Waals surface area contributed by atoms with E-state index in [9.17, 15) is 4.79 Å². The Labute approximate surface area is 123 Å². The van der Waals surface area contributed by atoms with Crippen molar-refractivity contribution in [2.24, 2.45) is 0 Å². The Hall–Kier alpha value is -2.61. The molecule has 0 unspecified atom stereocenters. The van der Waals surface area contributed by atoms with E-state index in [0.717, 1.165) is 0 Å². The molecule has 5 nitrogen and oxygen atoms in total. The van der Waals surface area contributed by atoms with E-state index in [2.05, 4.69) is 16.0 Å².